The van der Waals surface area contributed by atoms with Crippen LogP contribution in [-0.2, 0) is 14.3 Å². The number of carbonyl (C=O) groups excluding carboxylic acids is 2. The monoisotopic (exact) mass is 512 g/mol. The third-order valence-electron chi connectivity index (χ3n) is 9.18. The van der Waals surface area contributed by atoms with Crippen LogP contribution in [0.1, 0.15) is 53.9 Å². The molecule has 0 heterocycles. The van der Waals surface area contributed by atoms with E-state index in [9.17, 15) is 19.8 Å². The first-order valence-corrected chi connectivity index (χ1v) is 12.4. The van der Waals surface area contributed by atoms with Crippen molar-refractivity contribution in [3.8, 4) is 0 Å². The van der Waals surface area contributed by atoms with Gasteiger partial charge in [-0.25, -0.2) is 4.39 Å². The average molecular weight is 513 g/mol. The summed E-state index contributed by atoms with van der Waals surface area (Å²) in [7, 11) is 0. The van der Waals surface area contributed by atoms with Crippen LogP contribution >= 0.6 is 15.9 Å². The molecule has 0 aromatic heterocycles. The maximum Gasteiger partial charge on any atom is 0.190 e. The summed E-state index contributed by atoms with van der Waals surface area (Å²) >= 11 is 3.88. The van der Waals surface area contributed by atoms with E-state index in [-0.39, 0.29) is 54.9 Å². The standard InChI is InChI=1S/C25H34BrFO5/c1-13(2)32-12-21(30)25(31)14(3)8-16-17-10-19(27)18-9-15(28)6-7-22(18,4)24(17,26)20(29)11-23(16,25)5/h6-7,9,13-14,16-17,19-20,29,31H,8,10-12H2,1-5H3/t14?,16-,17-,19?,20?,22-,23-,24-,25-/m0/s1. The zero-order valence-electron chi connectivity index (χ0n) is 19.4. The van der Waals surface area contributed by atoms with Gasteiger partial charge in [-0.15, -0.1) is 0 Å². The largest absolute Gasteiger partial charge is 0.392 e. The van der Waals surface area contributed by atoms with Crippen LogP contribution < -0.4 is 0 Å². The minimum absolute atomic E-state index is 0.130. The van der Waals surface area contributed by atoms with Crippen LogP contribution in [0.5, 0.6) is 0 Å². The normalized spacial score (nSPS) is 50.0. The molecule has 4 aliphatic rings. The number of Topliss-reactive ketones (excluding diaryl/α,β-unsaturated/α-hetero) is 1. The van der Waals surface area contributed by atoms with Gasteiger partial charge in [0.15, 0.2) is 11.6 Å². The molecule has 0 amide bonds. The topological polar surface area (TPSA) is 83.8 Å². The van der Waals surface area contributed by atoms with Gasteiger partial charge in [0.2, 0.25) is 0 Å². The third-order valence-corrected chi connectivity index (χ3v) is 11.1. The molecule has 2 N–H and O–H groups in total. The molecule has 0 saturated heterocycles. The summed E-state index contributed by atoms with van der Waals surface area (Å²) in [4.78, 5) is 25.3. The number of hydrogen-bond donors (Lipinski definition) is 2. The van der Waals surface area contributed by atoms with E-state index >= 15 is 4.39 Å². The van der Waals surface area contributed by atoms with Gasteiger partial charge in [-0.2, -0.15) is 0 Å². The summed E-state index contributed by atoms with van der Waals surface area (Å²) in [6.45, 7) is 9.07. The number of carbonyl (C=O) groups is 2. The Bertz CT molecular complexity index is 901. The highest BCUT2D eigenvalue weighted by Gasteiger charge is 2.75. The van der Waals surface area contributed by atoms with Crippen molar-refractivity contribution < 1.29 is 28.9 Å². The zero-order valence-corrected chi connectivity index (χ0v) is 21.0. The molecule has 0 aliphatic heterocycles. The van der Waals surface area contributed by atoms with Crippen molar-refractivity contribution in [3.63, 3.8) is 0 Å². The van der Waals surface area contributed by atoms with Crippen LogP contribution in [0.4, 0.5) is 4.39 Å². The third kappa shape index (κ3) is 2.90. The summed E-state index contributed by atoms with van der Waals surface area (Å²) in [5.74, 6) is -1.49. The second kappa shape index (κ2) is 7.56. The van der Waals surface area contributed by atoms with Crippen molar-refractivity contribution in [1.29, 1.82) is 0 Å². The highest BCUT2D eigenvalue weighted by atomic mass is 79.9. The predicted molar refractivity (Wildman–Crippen MR) is 122 cm³/mol. The Hall–Kier alpha value is -0.890. The molecule has 3 saturated carbocycles. The first-order valence-electron chi connectivity index (χ1n) is 11.6. The molecule has 32 heavy (non-hydrogen) atoms. The van der Waals surface area contributed by atoms with Crippen molar-refractivity contribution in [1.82, 2.24) is 0 Å². The number of ether oxygens (including phenoxy) is 1. The van der Waals surface area contributed by atoms with Crippen molar-refractivity contribution in [2.75, 3.05) is 6.61 Å². The number of rotatable bonds is 4. The summed E-state index contributed by atoms with van der Waals surface area (Å²) in [6.07, 6.45) is 2.97. The summed E-state index contributed by atoms with van der Waals surface area (Å²) in [6, 6.07) is 0. The first kappa shape index (κ1) is 24.2. The van der Waals surface area contributed by atoms with E-state index in [1.807, 2.05) is 34.6 Å². The van der Waals surface area contributed by atoms with E-state index in [0.717, 1.165) is 0 Å². The van der Waals surface area contributed by atoms with Gasteiger partial charge in [-0.05, 0) is 68.6 Å². The highest BCUT2D eigenvalue weighted by Crippen LogP contribution is 2.72. The van der Waals surface area contributed by atoms with Gasteiger partial charge in [-0.3, -0.25) is 9.59 Å². The maximum absolute atomic E-state index is 15.5. The SMILES string of the molecule is CC(C)OCC(=O)[C@@]1(O)C(C)C[C@H]2[C@@H]3CC(F)C4=CC(=O)C=C[C@]4(C)[C@@]3(Br)C(O)C[C@@]21C. The lowest BCUT2D eigenvalue weighted by Crippen LogP contribution is -2.70. The summed E-state index contributed by atoms with van der Waals surface area (Å²) in [5.41, 5.74) is -3.08. The van der Waals surface area contributed by atoms with E-state index in [0.29, 0.717) is 12.0 Å². The highest BCUT2D eigenvalue weighted by molar-refractivity contribution is 9.10. The number of halogens is 2. The van der Waals surface area contributed by atoms with Gasteiger partial charge in [-0.1, -0.05) is 42.8 Å². The average Bonchev–Trinajstić information content (AvgIpc) is 2.91. The van der Waals surface area contributed by atoms with Crippen LogP contribution in [0.15, 0.2) is 23.8 Å². The molecule has 3 unspecified atom stereocenters. The lowest BCUT2D eigenvalue weighted by molar-refractivity contribution is -0.181. The maximum atomic E-state index is 15.5. The molecule has 4 rings (SSSR count). The molecule has 9 atom stereocenters. The molecule has 0 bridgehead atoms. The van der Waals surface area contributed by atoms with Crippen LogP contribution in [-0.4, -0.2) is 56.7 Å². The van der Waals surface area contributed by atoms with E-state index in [2.05, 4.69) is 15.9 Å². The van der Waals surface area contributed by atoms with Crippen molar-refractivity contribution in [2.45, 2.75) is 82.2 Å². The van der Waals surface area contributed by atoms with Crippen molar-refractivity contribution in [3.05, 3.63) is 23.8 Å². The number of alkyl halides is 2. The Balaban J connectivity index is 1.78. The number of fused-ring (bicyclic) bond motifs is 5. The molecule has 0 aromatic carbocycles. The van der Waals surface area contributed by atoms with Crippen LogP contribution in [0.3, 0.4) is 0 Å². The van der Waals surface area contributed by atoms with Gasteiger partial charge < -0.3 is 14.9 Å². The van der Waals surface area contributed by atoms with Gasteiger partial charge in [0, 0.05) is 10.8 Å². The first-order chi connectivity index (χ1) is 14.7. The molecular formula is C25H34BrFO5. The van der Waals surface area contributed by atoms with E-state index in [1.54, 1.807) is 6.08 Å². The van der Waals surface area contributed by atoms with Gasteiger partial charge in [0.05, 0.1) is 16.5 Å². The minimum Gasteiger partial charge on any atom is -0.392 e. The lowest BCUT2D eigenvalue weighted by Gasteiger charge is -2.64. The second-order valence-electron chi connectivity index (χ2n) is 11.0. The molecule has 3 fully saturated rings. The summed E-state index contributed by atoms with van der Waals surface area (Å²) < 4.78 is 20.2. The van der Waals surface area contributed by atoms with Gasteiger partial charge >= 0.3 is 0 Å². The van der Waals surface area contributed by atoms with E-state index < -0.39 is 33.0 Å². The zero-order chi connectivity index (χ0) is 23.9. The van der Waals surface area contributed by atoms with Crippen LogP contribution in [0.25, 0.3) is 0 Å². The Morgan fingerprint density at radius 1 is 1.31 bits per heavy atom. The molecule has 5 nitrogen and oxygen atoms in total. The fourth-order valence-corrected chi connectivity index (χ4v) is 8.52. The predicted octanol–water partition coefficient (Wildman–Crippen LogP) is 3.70. The van der Waals surface area contributed by atoms with Gasteiger partial charge in [0.25, 0.3) is 0 Å². The summed E-state index contributed by atoms with van der Waals surface area (Å²) in [5, 5.41) is 23.4. The Morgan fingerprint density at radius 3 is 2.59 bits per heavy atom. The fraction of sp³-hybridized carbons (Fsp3) is 0.760. The molecule has 178 valence electrons. The Kier molecular flexibility index (Phi) is 5.72. The number of ketones is 2. The molecule has 0 radical (unpaired) electrons. The molecule has 7 heteroatoms. The quantitative estimate of drug-likeness (QED) is 0.561. The van der Waals surface area contributed by atoms with Crippen LogP contribution in [0.2, 0.25) is 0 Å². The Morgan fingerprint density at radius 2 is 1.97 bits per heavy atom. The number of hydrogen-bond acceptors (Lipinski definition) is 5. The van der Waals surface area contributed by atoms with E-state index in [1.165, 1.54) is 12.2 Å². The smallest absolute Gasteiger partial charge is 0.190 e. The lowest BCUT2D eigenvalue weighted by atomic mass is 9.45. The fourth-order valence-electron chi connectivity index (χ4n) is 7.49. The van der Waals surface area contributed by atoms with Gasteiger partial charge in [0.1, 0.15) is 18.4 Å². The number of aliphatic hydroxyl groups is 2. The van der Waals surface area contributed by atoms with Crippen LogP contribution in [0, 0.1) is 28.6 Å². The number of aliphatic hydroxyl groups excluding tert-OH is 1. The van der Waals surface area contributed by atoms with Crippen molar-refractivity contribution in [2.24, 2.45) is 28.6 Å². The van der Waals surface area contributed by atoms with Crippen molar-refractivity contribution >= 4 is 27.5 Å². The molecular weight excluding hydrogens is 479 g/mol. The molecule has 0 spiro atoms. The van der Waals surface area contributed by atoms with E-state index in [4.69, 9.17) is 4.74 Å². The molecule has 4 aliphatic carbocycles. The second-order valence-corrected chi connectivity index (χ2v) is 12.4. The Labute approximate surface area is 197 Å². The molecule has 0 aromatic rings. The number of allylic oxidation sites excluding steroid dienone is 4. The minimum atomic E-state index is -1.66.